The first-order valence-corrected chi connectivity index (χ1v) is 6.16. The second-order valence-electron chi connectivity index (χ2n) is 4.86. The predicted molar refractivity (Wildman–Crippen MR) is 70.7 cm³/mol. The van der Waals surface area contributed by atoms with Crippen LogP contribution in [-0.4, -0.2) is 25.4 Å². The fraction of sp³-hybridized carbons (Fsp3) is 0.429. The number of nitrogens with zero attached hydrogens (tertiary/aromatic N) is 1. The minimum absolute atomic E-state index is 0.0514. The Morgan fingerprint density at radius 2 is 2.11 bits per heavy atom. The third-order valence-electron chi connectivity index (χ3n) is 3.30. The number of nitrogens with one attached hydrogen (secondary N) is 1. The smallest absolute Gasteiger partial charge is 0.251 e. The van der Waals surface area contributed by atoms with E-state index in [0.717, 1.165) is 24.2 Å². The summed E-state index contributed by atoms with van der Waals surface area (Å²) in [7, 11) is 1.62. The van der Waals surface area contributed by atoms with Crippen molar-refractivity contribution in [3.63, 3.8) is 0 Å². The highest BCUT2D eigenvalue weighted by Crippen LogP contribution is 2.30. The molecule has 2 amide bonds. The van der Waals surface area contributed by atoms with Crippen LogP contribution in [0.2, 0.25) is 0 Å². The van der Waals surface area contributed by atoms with Gasteiger partial charge in [0.05, 0.1) is 0 Å². The first-order chi connectivity index (χ1) is 8.52. The summed E-state index contributed by atoms with van der Waals surface area (Å²) < 4.78 is 0. The lowest BCUT2D eigenvalue weighted by Gasteiger charge is -2.32. The van der Waals surface area contributed by atoms with Crippen molar-refractivity contribution >= 4 is 17.5 Å². The monoisotopic (exact) mass is 246 g/mol. The van der Waals surface area contributed by atoms with Gasteiger partial charge in [-0.1, -0.05) is 6.92 Å². The van der Waals surface area contributed by atoms with Crippen LogP contribution in [0.25, 0.3) is 0 Å². The lowest BCUT2D eigenvalue weighted by Crippen LogP contribution is -2.37. The van der Waals surface area contributed by atoms with Gasteiger partial charge in [-0.2, -0.15) is 0 Å². The van der Waals surface area contributed by atoms with Crippen LogP contribution in [0.3, 0.4) is 0 Å². The molecule has 96 valence electrons. The second-order valence-corrected chi connectivity index (χ2v) is 4.86. The Morgan fingerprint density at radius 3 is 2.72 bits per heavy atom. The zero-order valence-electron chi connectivity index (χ0n) is 11.0. The molecule has 18 heavy (non-hydrogen) atoms. The van der Waals surface area contributed by atoms with Gasteiger partial charge in [-0.05, 0) is 36.1 Å². The predicted octanol–water partition coefficient (Wildman–Crippen LogP) is 1.59. The number of carbonyl (C=O) groups excluding carboxylic acids is 2. The van der Waals surface area contributed by atoms with Crippen LogP contribution in [0, 0.1) is 5.92 Å². The SMILES string of the molecule is CNC(=O)c1ccc2c(c1)C[C@@H](C)CN2C(C)=O. The summed E-state index contributed by atoms with van der Waals surface area (Å²) in [5, 5.41) is 2.61. The highest BCUT2D eigenvalue weighted by Gasteiger charge is 2.24. The molecule has 4 heteroatoms. The van der Waals surface area contributed by atoms with Crippen LogP contribution in [0.5, 0.6) is 0 Å². The van der Waals surface area contributed by atoms with Crippen molar-refractivity contribution in [3.05, 3.63) is 29.3 Å². The van der Waals surface area contributed by atoms with Crippen molar-refractivity contribution in [3.8, 4) is 0 Å². The first-order valence-electron chi connectivity index (χ1n) is 6.16. The molecule has 0 aromatic heterocycles. The van der Waals surface area contributed by atoms with Crippen molar-refractivity contribution in [2.45, 2.75) is 20.3 Å². The van der Waals surface area contributed by atoms with E-state index in [4.69, 9.17) is 0 Å². The maximum absolute atomic E-state index is 11.6. The molecule has 0 saturated heterocycles. The summed E-state index contributed by atoms with van der Waals surface area (Å²) in [6, 6.07) is 5.52. The fourth-order valence-corrected chi connectivity index (χ4v) is 2.45. The molecule has 1 aliphatic heterocycles. The van der Waals surface area contributed by atoms with Gasteiger partial charge in [-0.15, -0.1) is 0 Å². The topological polar surface area (TPSA) is 49.4 Å². The number of amides is 2. The average molecular weight is 246 g/mol. The van der Waals surface area contributed by atoms with E-state index in [1.807, 2.05) is 12.1 Å². The molecule has 0 saturated carbocycles. The van der Waals surface area contributed by atoms with Gasteiger partial charge in [0.2, 0.25) is 5.91 Å². The first kappa shape index (κ1) is 12.6. The molecule has 1 aromatic carbocycles. The third-order valence-corrected chi connectivity index (χ3v) is 3.30. The number of anilines is 1. The van der Waals surface area contributed by atoms with E-state index in [0.29, 0.717) is 11.5 Å². The van der Waals surface area contributed by atoms with Crippen molar-refractivity contribution in [1.82, 2.24) is 5.32 Å². The Kier molecular flexibility index (Phi) is 3.36. The number of hydrogen-bond donors (Lipinski definition) is 1. The van der Waals surface area contributed by atoms with E-state index < -0.39 is 0 Å². The van der Waals surface area contributed by atoms with Gasteiger partial charge in [0, 0.05) is 31.8 Å². The zero-order chi connectivity index (χ0) is 13.3. The summed E-state index contributed by atoms with van der Waals surface area (Å²) in [5.41, 5.74) is 2.66. The minimum Gasteiger partial charge on any atom is -0.355 e. The van der Waals surface area contributed by atoms with Gasteiger partial charge in [0.1, 0.15) is 0 Å². The Morgan fingerprint density at radius 1 is 1.39 bits per heavy atom. The standard InChI is InChI=1S/C14H18N2O2/c1-9-6-12-7-11(14(18)15-3)4-5-13(12)16(8-9)10(2)17/h4-5,7,9H,6,8H2,1-3H3,(H,15,18)/t9-/m1/s1. The molecule has 1 aliphatic rings. The minimum atomic E-state index is -0.0922. The van der Waals surface area contributed by atoms with Gasteiger partial charge in [0.25, 0.3) is 5.91 Å². The highest BCUT2D eigenvalue weighted by molar-refractivity contribution is 5.97. The third kappa shape index (κ3) is 2.23. The van der Waals surface area contributed by atoms with E-state index in [9.17, 15) is 9.59 Å². The summed E-state index contributed by atoms with van der Waals surface area (Å²) in [5.74, 6) is 0.377. The Hall–Kier alpha value is -1.84. The van der Waals surface area contributed by atoms with Crippen LogP contribution >= 0.6 is 0 Å². The Labute approximate surface area is 107 Å². The molecular formula is C14H18N2O2. The molecule has 0 unspecified atom stereocenters. The van der Waals surface area contributed by atoms with Gasteiger partial charge < -0.3 is 10.2 Å². The second kappa shape index (κ2) is 4.80. The summed E-state index contributed by atoms with van der Waals surface area (Å²) in [6.07, 6.45) is 0.907. The van der Waals surface area contributed by atoms with Crippen molar-refractivity contribution < 1.29 is 9.59 Å². The van der Waals surface area contributed by atoms with Crippen LogP contribution in [0.15, 0.2) is 18.2 Å². The molecule has 0 fully saturated rings. The molecule has 1 atom stereocenters. The molecule has 0 aliphatic carbocycles. The molecule has 1 N–H and O–H groups in total. The number of fused-ring (bicyclic) bond motifs is 1. The summed E-state index contributed by atoms with van der Waals surface area (Å²) in [4.78, 5) is 25.0. The highest BCUT2D eigenvalue weighted by atomic mass is 16.2. The molecule has 1 aromatic rings. The van der Waals surface area contributed by atoms with Crippen molar-refractivity contribution in [1.29, 1.82) is 0 Å². The average Bonchev–Trinajstić information content (AvgIpc) is 2.35. The zero-order valence-corrected chi connectivity index (χ0v) is 11.0. The van der Waals surface area contributed by atoms with E-state index in [1.54, 1.807) is 24.9 Å². The summed E-state index contributed by atoms with van der Waals surface area (Å²) >= 11 is 0. The normalized spacial score (nSPS) is 18.2. The maximum Gasteiger partial charge on any atom is 0.251 e. The molecule has 2 rings (SSSR count). The Balaban J connectivity index is 2.43. The quantitative estimate of drug-likeness (QED) is 0.818. The molecule has 0 bridgehead atoms. The maximum atomic E-state index is 11.6. The number of carbonyl (C=O) groups is 2. The number of benzene rings is 1. The van der Waals surface area contributed by atoms with Crippen LogP contribution in [-0.2, 0) is 11.2 Å². The van der Waals surface area contributed by atoms with Crippen molar-refractivity contribution in [2.24, 2.45) is 5.92 Å². The van der Waals surface area contributed by atoms with Crippen LogP contribution in [0.4, 0.5) is 5.69 Å². The van der Waals surface area contributed by atoms with Crippen molar-refractivity contribution in [2.75, 3.05) is 18.5 Å². The van der Waals surface area contributed by atoms with E-state index in [2.05, 4.69) is 12.2 Å². The van der Waals surface area contributed by atoms with Gasteiger partial charge in [0.15, 0.2) is 0 Å². The fourth-order valence-electron chi connectivity index (χ4n) is 2.45. The molecular weight excluding hydrogens is 228 g/mol. The number of rotatable bonds is 1. The molecule has 0 radical (unpaired) electrons. The molecule has 1 heterocycles. The van der Waals surface area contributed by atoms with Gasteiger partial charge in [-0.25, -0.2) is 0 Å². The van der Waals surface area contributed by atoms with Crippen LogP contribution < -0.4 is 10.2 Å². The molecule has 4 nitrogen and oxygen atoms in total. The Bertz CT molecular complexity index is 497. The van der Waals surface area contributed by atoms with E-state index >= 15 is 0 Å². The summed E-state index contributed by atoms with van der Waals surface area (Å²) in [6.45, 7) is 4.45. The largest absolute Gasteiger partial charge is 0.355 e. The van der Waals surface area contributed by atoms with E-state index in [-0.39, 0.29) is 11.8 Å². The number of hydrogen-bond acceptors (Lipinski definition) is 2. The van der Waals surface area contributed by atoms with Crippen LogP contribution in [0.1, 0.15) is 29.8 Å². The van der Waals surface area contributed by atoms with Gasteiger partial charge in [-0.3, -0.25) is 9.59 Å². The van der Waals surface area contributed by atoms with E-state index in [1.165, 1.54) is 0 Å². The lowest BCUT2D eigenvalue weighted by atomic mass is 9.92. The lowest BCUT2D eigenvalue weighted by molar-refractivity contribution is -0.116. The van der Waals surface area contributed by atoms with Gasteiger partial charge >= 0.3 is 0 Å². The molecule has 0 spiro atoms.